The van der Waals surface area contributed by atoms with E-state index in [0.29, 0.717) is 0 Å². The van der Waals surface area contributed by atoms with E-state index in [1.807, 2.05) is 258 Å². The van der Waals surface area contributed by atoms with Gasteiger partial charge in [0.05, 0.1) is 72.0 Å². The van der Waals surface area contributed by atoms with Gasteiger partial charge in [-0.05, 0) is 74.0 Å². The molecule has 9 rings (SSSR count). The van der Waals surface area contributed by atoms with Crippen LogP contribution in [-0.4, -0.2) is 37.5 Å². The summed E-state index contributed by atoms with van der Waals surface area (Å²) in [6.45, 7) is 0. The lowest BCUT2D eigenvalue weighted by Crippen LogP contribution is -1.82. The van der Waals surface area contributed by atoms with E-state index in [-0.39, 0.29) is 0 Å². The maximum atomic E-state index is 2.41. The molecule has 0 atom stereocenters. The highest BCUT2D eigenvalue weighted by Crippen LogP contribution is 2.72. The molecular weight excluding hydrogens is 1110 g/mol. The number of thiophene rings is 2. The van der Waals surface area contributed by atoms with Crippen LogP contribution in [0.1, 0.15) is 19.5 Å². The molecule has 7 aliphatic rings. The van der Waals surface area contributed by atoms with Crippen molar-refractivity contribution in [1.82, 2.24) is 0 Å². The number of hydrogen-bond acceptors (Lipinski definition) is 22. The minimum Gasteiger partial charge on any atom is -0.136 e. The highest BCUT2D eigenvalue weighted by Gasteiger charge is 2.36. The Morgan fingerprint density at radius 2 is 0.643 bits per heavy atom. The summed E-state index contributed by atoms with van der Waals surface area (Å²) >= 11 is 42.5. The first-order chi connectivity index (χ1) is 27.4. The van der Waals surface area contributed by atoms with Crippen molar-refractivity contribution in [2.45, 2.75) is 0 Å². The number of hydrogen-bond donors (Lipinski definition) is 0. The molecule has 0 nitrogen and oxygen atoms in total. The van der Waals surface area contributed by atoms with Crippen molar-refractivity contribution in [2.24, 2.45) is 0 Å². The van der Waals surface area contributed by atoms with Crippen molar-refractivity contribution in [3.63, 3.8) is 0 Å². The largest absolute Gasteiger partial charge is 0.136 e. The van der Waals surface area contributed by atoms with Gasteiger partial charge in [0.15, 0.2) is 0 Å². The van der Waals surface area contributed by atoms with E-state index in [0.717, 1.165) is 0 Å². The molecular formula is C34H24S22. The van der Waals surface area contributed by atoms with Gasteiger partial charge in [-0.2, -0.15) is 0 Å². The molecule has 0 bridgehead atoms. The zero-order valence-corrected chi connectivity index (χ0v) is 47.4. The van der Waals surface area contributed by atoms with Crippen LogP contribution in [0.15, 0.2) is 96.3 Å². The SMILES string of the molecule is CSC1=C(SC)SC(=C2SC3=C(SC(=Cc4ccc(C(=C5SC(SC)=C(SC)S5)c5ccc(C=C6SC7=C(S6)SC(=C6SC(SC)=C(SC)S6)S7)s5)s4)S3)S2)S1. The van der Waals surface area contributed by atoms with E-state index in [9.17, 15) is 0 Å². The van der Waals surface area contributed by atoms with Crippen LogP contribution in [0.2, 0.25) is 0 Å². The Kier molecular flexibility index (Phi) is 16.5. The van der Waals surface area contributed by atoms with Crippen LogP contribution in [0, 0.1) is 0 Å². The zero-order chi connectivity index (χ0) is 38.5. The van der Waals surface area contributed by atoms with Crippen molar-refractivity contribution in [3.05, 3.63) is 116 Å². The van der Waals surface area contributed by atoms with E-state index in [4.69, 9.17) is 0 Å². The Balaban J connectivity index is 0.903. The molecule has 22 heteroatoms. The maximum Gasteiger partial charge on any atom is 0.0718 e. The summed E-state index contributed by atoms with van der Waals surface area (Å²) in [5, 5.41) is 0. The predicted octanol–water partition coefficient (Wildman–Crippen LogP) is 20.5. The monoisotopic (exact) mass is 1140 g/mol. The Morgan fingerprint density at radius 1 is 0.357 bits per heavy atom. The van der Waals surface area contributed by atoms with E-state index in [2.05, 4.69) is 74.0 Å². The second-order valence-corrected chi connectivity index (χ2v) is 36.6. The van der Waals surface area contributed by atoms with E-state index in [1.54, 1.807) is 0 Å². The van der Waals surface area contributed by atoms with Gasteiger partial charge in [0.2, 0.25) is 0 Å². The normalized spacial score (nSPS) is 21.3. The van der Waals surface area contributed by atoms with Crippen LogP contribution >= 0.6 is 258 Å². The quantitative estimate of drug-likeness (QED) is 0.221. The van der Waals surface area contributed by atoms with Gasteiger partial charge >= 0.3 is 0 Å². The summed E-state index contributed by atoms with van der Waals surface area (Å²) in [4.78, 5) is 5.34. The Morgan fingerprint density at radius 3 is 0.964 bits per heavy atom. The fraction of sp³-hybridized carbons (Fsp3) is 0.176. The van der Waals surface area contributed by atoms with Gasteiger partial charge in [0.25, 0.3) is 0 Å². The van der Waals surface area contributed by atoms with Gasteiger partial charge < -0.3 is 0 Å². The van der Waals surface area contributed by atoms with Crippen LogP contribution in [0.3, 0.4) is 0 Å². The molecule has 0 amide bonds. The molecule has 0 spiro atoms. The number of thioether (sulfide) groups is 20. The average molecular weight is 1140 g/mol. The van der Waals surface area contributed by atoms with Crippen molar-refractivity contribution in [2.75, 3.05) is 37.5 Å². The lowest BCUT2D eigenvalue weighted by Gasteiger charge is -2.08. The molecule has 0 radical (unpaired) electrons. The van der Waals surface area contributed by atoms with Crippen molar-refractivity contribution in [1.29, 1.82) is 0 Å². The Labute approximate surface area is 422 Å². The summed E-state index contributed by atoms with van der Waals surface area (Å²) < 4.78 is 24.4. The minimum absolute atomic E-state index is 1.32. The molecule has 56 heavy (non-hydrogen) atoms. The third-order valence-electron chi connectivity index (χ3n) is 7.38. The molecule has 9 heterocycles. The van der Waals surface area contributed by atoms with Gasteiger partial charge in [0.1, 0.15) is 0 Å². The smallest absolute Gasteiger partial charge is 0.0718 e. The Bertz CT molecular complexity index is 2090. The molecule has 0 fully saturated rings. The van der Waals surface area contributed by atoms with Gasteiger partial charge in [-0.15, -0.1) is 93.2 Å². The highest BCUT2D eigenvalue weighted by molar-refractivity contribution is 8.51. The minimum atomic E-state index is 1.32. The predicted molar refractivity (Wildman–Crippen MR) is 307 cm³/mol. The number of rotatable bonds is 10. The first-order valence-electron chi connectivity index (χ1n) is 15.7. The molecule has 2 aromatic rings. The molecule has 2 aromatic heterocycles. The zero-order valence-electron chi connectivity index (χ0n) is 29.4. The molecule has 0 N–H and O–H groups in total. The third-order valence-corrected chi connectivity index (χ3v) is 37.2. The lowest BCUT2D eigenvalue weighted by atomic mass is 10.2. The topological polar surface area (TPSA) is 0 Å². The standard InChI is InChI=1S/C34H24S22/c1-35-21-22(36-2)48-20(47-21)19(15-9-7-13(41-15)11-17-43-27-28(44-17)54-33(53-27)31-49-23(37-3)24(38-4)50-31)16-10-8-14(42-16)12-18-45-29-30(46-18)56-34(55-29)32-51-25(39-5)26(40-6)52-32/h7-12H,1-6H3. The van der Waals surface area contributed by atoms with Gasteiger partial charge in [-0.25, -0.2) is 0 Å². The van der Waals surface area contributed by atoms with E-state index >= 15 is 0 Å². The molecule has 0 unspecified atom stereocenters. The van der Waals surface area contributed by atoms with Crippen LogP contribution < -0.4 is 0 Å². The van der Waals surface area contributed by atoms with Crippen molar-refractivity contribution < 1.29 is 0 Å². The fourth-order valence-corrected chi connectivity index (χ4v) is 35.9. The summed E-state index contributed by atoms with van der Waals surface area (Å²) in [7, 11) is 0. The lowest BCUT2D eigenvalue weighted by molar-refractivity contribution is 1.79. The second-order valence-electron chi connectivity index (χ2n) is 10.7. The van der Waals surface area contributed by atoms with Gasteiger partial charge in [-0.1, -0.05) is 165 Å². The summed E-state index contributed by atoms with van der Waals surface area (Å²) in [5.41, 5.74) is 1.38. The van der Waals surface area contributed by atoms with Gasteiger partial charge in [0, 0.05) is 25.1 Å². The summed E-state index contributed by atoms with van der Waals surface area (Å²) in [5.74, 6) is 0. The fourth-order valence-electron chi connectivity index (χ4n) is 5.01. The molecule has 0 aliphatic carbocycles. The van der Waals surface area contributed by atoms with E-state index in [1.165, 1.54) is 97.1 Å². The van der Waals surface area contributed by atoms with Gasteiger partial charge in [-0.3, -0.25) is 0 Å². The van der Waals surface area contributed by atoms with Crippen molar-refractivity contribution >= 4 is 276 Å². The van der Waals surface area contributed by atoms with Crippen LogP contribution in [0.5, 0.6) is 0 Å². The molecule has 0 saturated heterocycles. The highest BCUT2D eigenvalue weighted by atomic mass is 32.3. The summed E-state index contributed by atoms with van der Waals surface area (Å²) in [6.07, 6.45) is 18.0. The molecule has 292 valence electrons. The second kappa shape index (κ2) is 20.5. The van der Waals surface area contributed by atoms with Crippen LogP contribution in [0.25, 0.3) is 17.7 Å². The third kappa shape index (κ3) is 9.82. The molecule has 7 aliphatic heterocycles. The average Bonchev–Trinajstić information content (AvgIpc) is 4.03. The maximum absolute atomic E-state index is 2.41. The first-order valence-corrected chi connectivity index (χ1v) is 36.1. The first kappa shape index (κ1) is 45.0. The molecule has 0 aromatic carbocycles. The molecule has 0 saturated carbocycles. The Hall–Kier alpha value is 3.80. The summed E-state index contributed by atoms with van der Waals surface area (Å²) in [6, 6.07) is 9.38. The van der Waals surface area contributed by atoms with Crippen LogP contribution in [0.4, 0.5) is 0 Å². The van der Waals surface area contributed by atoms with Crippen LogP contribution in [-0.2, 0) is 0 Å². The van der Waals surface area contributed by atoms with E-state index < -0.39 is 0 Å². The van der Waals surface area contributed by atoms with Crippen molar-refractivity contribution in [3.8, 4) is 0 Å².